The van der Waals surface area contributed by atoms with Gasteiger partial charge in [-0.1, -0.05) is 11.8 Å². The minimum absolute atomic E-state index is 0.114. The van der Waals surface area contributed by atoms with Crippen molar-refractivity contribution in [3.05, 3.63) is 10.7 Å². The first-order valence-corrected chi connectivity index (χ1v) is 7.79. The predicted molar refractivity (Wildman–Crippen MR) is 74.7 cm³/mol. The van der Waals surface area contributed by atoms with Gasteiger partial charge in [-0.15, -0.1) is 21.5 Å². The zero-order chi connectivity index (χ0) is 16.3. The van der Waals surface area contributed by atoms with E-state index in [9.17, 15) is 18.0 Å². The van der Waals surface area contributed by atoms with E-state index in [0.29, 0.717) is 0 Å². The highest BCUT2D eigenvalue weighted by Crippen LogP contribution is 2.30. The first-order chi connectivity index (χ1) is 10.2. The molecule has 2 heterocycles. The van der Waals surface area contributed by atoms with E-state index < -0.39 is 18.6 Å². The van der Waals surface area contributed by atoms with E-state index in [0.717, 1.165) is 27.3 Å². The number of alkyl halides is 3. The largest absolute Gasteiger partial charge is 0.410 e. The third-order valence-corrected chi connectivity index (χ3v) is 4.20. The van der Waals surface area contributed by atoms with Crippen molar-refractivity contribution < 1.29 is 22.4 Å². The second kappa shape index (κ2) is 6.65. The Bertz CT molecular complexity index is 669. The van der Waals surface area contributed by atoms with E-state index in [4.69, 9.17) is 4.42 Å². The summed E-state index contributed by atoms with van der Waals surface area (Å²) in [5.74, 6) is -0.716. The number of rotatable bonds is 5. The summed E-state index contributed by atoms with van der Waals surface area (Å²) < 4.78 is 41.2. The third kappa shape index (κ3) is 4.70. The highest BCUT2D eigenvalue weighted by Gasteiger charge is 2.27. The maximum Gasteiger partial charge on any atom is 0.405 e. The Morgan fingerprint density at radius 2 is 2.09 bits per heavy atom. The SMILES string of the molecule is Cc1nc(C)c(-c2nnc(SCC(=O)NCC(F)(F)F)o2)s1. The summed E-state index contributed by atoms with van der Waals surface area (Å²) in [7, 11) is 0. The Kier molecular flexibility index (Phi) is 5.06. The molecule has 0 aromatic carbocycles. The summed E-state index contributed by atoms with van der Waals surface area (Å²) in [6.45, 7) is 2.29. The monoisotopic (exact) mass is 352 g/mol. The zero-order valence-corrected chi connectivity index (χ0v) is 13.2. The summed E-state index contributed by atoms with van der Waals surface area (Å²) >= 11 is 2.27. The molecule has 0 unspecified atom stereocenters. The van der Waals surface area contributed by atoms with Gasteiger partial charge in [0.1, 0.15) is 11.4 Å². The van der Waals surface area contributed by atoms with Crippen LogP contribution in [0.2, 0.25) is 0 Å². The fraction of sp³-hybridized carbons (Fsp3) is 0.455. The second-order valence-corrected chi connectivity index (χ2v) is 6.33. The van der Waals surface area contributed by atoms with Gasteiger partial charge in [0.25, 0.3) is 11.1 Å². The van der Waals surface area contributed by atoms with Crippen molar-refractivity contribution >= 4 is 29.0 Å². The van der Waals surface area contributed by atoms with Gasteiger partial charge in [-0.25, -0.2) is 4.98 Å². The summed E-state index contributed by atoms with van der Waals surface area (Å²) in [4.78, 5) is 16.2. The van der Waals surface area contributed by atoms with Crippen molar-refractivity contribution in [2.45, 2.75) is 25.2 Å². The van der Waals surface area contributed by atoms with Crippen LogP contribution < -0.4 is 5.32 Å². The van der Waals surface area contributed by atoms with Crippen LogP contribution in [-0.2, 0) is 4.79 Å². The number of amides is 1. The second-order valence-electron chi connectivity index (χ2n) is 4.20. The molecule has 0 saturated heterocycles. The summed E-state index contributed by atoms with van der Waals surface area (Å²) in [6.07, 6.45) is -4.43. The number of aromatic nitrogens is 3. The van der Waals surface area contributed by atoms with Crippen LogP contribution in [-0.4, -0.2) is 39.6 Å². The number of halogens is 3. The molecule has 0 aliphatic heterocycles. The summed E-state index contributed by atoms with van der Waals surface area (Å²) in [5.41, 5.74) is 0.755. The van der Waals surface area contributed by atoms with Crippen molar-refractivity contribution in [2.75, 3.05) is 12.3 Å². The molecule has 1 amide bonds. The normalized spacial score (nSPS) is 11.7. The molecule has 11 heteroatoms. The van der Waals surface area contributed by atoms with Crippen LogP contribution in [0.5, 0.6) is 0 Å². The fourth-order valence-electron chi connectivity index (χ4n) is 1.47. The van der Waals surface area contributed by atoms with Gasteiger partial charge < -0.3 is 9.73 Å². The van der Waals surface area contributed by atoms with Gasteiger partial charge >= 0.3 is 6.18 Å². The molecule has 0 bridgehead atoms. The van der Waals surface area contributed by atoms with Gasteiger partial charge in [0.05, 0.1) is 16.5 Å². The Hall–Kier alpha value is -1.62. The van der Waals surface area contributed by atoms with E-state index in [1.165, 1.54) is 11.3 Å². The van der Waals surface area contributed by atoms with Crippen LogP contribution in [0.1, 0.15) is 10.7 Å². The van der Waals surface area contributed by atoms with Crippen molar-refractivity contribution in [1.82, 2.24) is 20.5 Å². The van der Waals surface area contributed by atoms with Crippen molar-refractivity contribution in [3.63, 3.8) is 0 Å². The number of carbonyl (C=O) groups is 1. The van der Waals surface area contributed by atoms with Gasteiger partial charge in [0.2, 0.25) is 5.91 Å². The minimum atomic E-state index is -4.43. The van der Waals surface area contributed by atoms with Crippen LogP contribution in [0.4, 0.5) is 13.2 Å². The van der Waals surface area contributed by atoms with E-state index in [-0.39, 0.29) is 16.9 Å². The number of thioether (sulfide) groups is 1. The average molecular weight is 352 g/mol. The number of thiazole rings is 1. The van der Waals surface area contributed by atoms with Crippen molar-refractivity contribution in [1.29, 1.82) is 0 Å². The lowest BCUT2D eigenvalue weighted by Crippen LogP contribution is -2.34. The van der Waals surface area contributed by atoms with Gasteiger partial charge in [-0.05, 0) is 13.8 Å². The van der Waals surface area contributed by atoms with Gasteiger partial charge in [0, 0.05) is 0 Å². The molecule has 0 radical (unpaired) electrons. The summed E-state index contributed by atoms with van der Waals surface area (Å²) in [6, 6.07) is 0. The molecule has 0 fully saturated rings. The lowest BCUT2D eigenvalue weighted by atomic mass is 10.4. The Morgan fingerprint density at radius 3 is 2.68 bits per heavy atom. The lowest BCUT2D eigenvalue weighted by molar-refractivity contribution is -0.136. The molecule has 6 nitrogen and oxygen atoms in total. The third-order valence-electron chi connectivity index (χ3n) is 2.32. The standard InChI is InChI=1S/C11H11F3N4O2S2/c1-5-8(22-6(2)16-5)9-17-18-10(20-9)21-3-7(19)15-4-11(12,13)14/h3-4H2,1-2H3,(H,15,19). The van der Waals surface area contributed by atoms with Gasteiger partial charge in [-0.3, -0.25) is 4.79 Å². The molecule has 0 atom stereocenters. The molecular weight excluding hydrogens is 341 g/mol. The highest BCUT2D eigenvalue weighted by molar-refractivity contribution is 7.99. The number of nitrogens with one attached hydrogen (secondary N) is 1. The molecular formula is C11H11F3N4O2S2. The smallest absolute Gasteiger partial charge is 0.405 e. The first kappa shape index (κ1) is 16.7. The fourth-order valence-corrected chi connectivity index (χ4v) is 2.90. The maximum atomic E-state index is 11.9. The molecule has 2 rings (SSSR count). The molecule has 0 aliphatic rings. The van der Waals surface area contributed by atoms with Crippen LogP contribution in [0.3, 0.4) is 0 Å². The molecule has 22 heavy (non-hydrogen) atoms. The van der Waals surface area contributed by atoms with Gasteiger partial charge in [0.15, 0.2) is 0 Å². The van der Waals surface area contributed by atoms with E-state index in [1.807, 2.05) is 6.92 Å². The molecule has 2 aromatic rings. The van der Waals surface area contributed by atoms with Crippen LogP contribution in [0.25, 0.3) is 10.8 Å². The van der Waals surface area contributed by atoms with Gasteiger partial charge in [-0.2, -0.15) is 13.2 Å². The predicted octanol–water partition coefficient (Wildman–Crippen LogP) is 2.58. The molecule has 0 aliphatic carbocycles. The molecule has 120 valence electrons. The quantitative estimate of drug-likeness (QED) is 0.833. The van der Waals surface area contributed by atoms with E-state index in [2.05, 4.69) is 15.2 Å². The maximum absolute atomic E-state index is 11.9. The molecule has 0 spiro atoms. The molecule has 1 N–H and O–H groups in total. The van der Waals surface area contributed by atoms with Crippen molar-refractivity contribution in [2.24, 2.45) is 0 Å². The number of aryl methyl sites for hydroxylation is 2. The van der Waals surface area contributed by atoms with Crippen LogP contribution >= 0.6 is 23.1 Å². The number of nitrogens with zero attached hydrogens (tertiary/aromatic N) is 3. The number of carbonyl (C=O) groups excluding carboxylic acids is 1. The average Bonchev–Trinajstić information content (AvgIpc) is 2.99. The minimum Gasteiger partial charge on any atom is -0.410 e. The highest BCUT2D eigenvalue weighted by atomic mass is 32.2. The van der Waals surface area contributed by atoms with E-state index >= 15 is 0 Å². The Balaban J connectivity index is 1.90. The Morgan fingerprint density at radius 1 is 1.36 bits per heavy atom. The van der Waals surface area contributed by atoms with Crippen molar-refractivity contribution in [3.8, 4) is 10.8 Å². The Labute approximate surface area is 131 Å². The zero-order valence-electron chi connectivity index (χ0n) is 11.5. The summed E-state index contributed by atoms with van der Waals surface area (Å²) in [5, 5.41) is 10.3. The first-order valence-electron chi connectivity index (χ1n) is 5.99. The molecule has 2 aromatic heterocycles. The number of hydrogen-bond donors (Lipinski definition) is 1. The topological polar surface area (TPSA) is 80.9 Å². The lowest BCUT2D eigenvalue weighted by Gasteiger charge is -2.06. The van der Waals surface area contributed by atoms with Crippen LogP contribution in [0, 0.1) is 13.8 Å². The number of hydrogen-bond acceptors (Lipinski definition) is 7. The van der Waals surface area contributed by atoms with E-state index in [1.54, 1.807) is 12.2 Å². The molecule has 0 saturated carbocycles. The van der Waals surface area contributed by atoms with Crippen LogP contribution in [0.15, 0.2) is 9.64 Å².